The number of aromatic nitrogens is 1. The highest BCUT2D eigenvalue weighted by molar-refractivity contribution is 5.95. The van der Waals surface area contributed by atoms with E-state index in [2.05, 4.69) is 15.2 Å². The standard InChI is InChI=1S/C17H21N3O2/c1-12-5-4-6-13-15(21)11-14(19-16(12)13)17(22)18-7-10-20-8-2-3-9-20/h4-6,11H,2-3,7-10H2,1H3,(H,18,22)(H,19,21). The minimum Gasteiger partial charge on any atom is -0.350 e. The second-order valence-electron chi connectivity index (χ2n) is 5.85. The number of likely N-dealkylation sites (tertiary alicyclic amines) is 1. The molecule has 0 bridgehead atoms. The highest BCUT2D eigenvalue weighted by Gasteiger charge is 2.13. The topological polar surface area (TPSA) is 65.2 Å². The van der Waals surface area contributed by atoms with Crippen LogP contribution in [-0.4, -0.2) is 42.0 Å². The van der Waals surface area contributed by atoms with Gasteiger partial charge < -0.3 is 15.2 Å². The van der Waals surface area contributed by atoms with Gasteiger partial charge in [-0.2, -0.15) is 0 Å². The zero-order valence-corrected chi connectivity index (χ0v) is 12.8. The second-order valence-corrected chi connectivity index (χ2v) is 5.85. The number of hydrogen-bond donors (Lipinski definition) is 2. The molecule has 1 amide bonds. The molecule has 1 aliphatic heterocycles. The SMILES string of the molecule is Cc1cccc2c(=O)cc(C(=O)NCCN3CCCC3)[nH]c12. The van der Waals surface area contributed by atoms with Gasteiger partial charge in [0.25, 0.3) is 5.91 Å². The van der Waals surface area contributed by atoms with Crippen LogP contribution >= 0.6 is 0 Å². The molecule has 22 heavy (non-hydrogen) atoms. The van der Waals surface area contributed by atoms with Crippen molar-refractivity contribution in [3.63, 3.8) is 0 Å². The summed E-state index contributed by atoms with van der Waals surface area (Å²) in [7, 11) is 0. The van der Waals surface area contributed by atoms with E-state index in [9.17, 15) is 9.59 Å². The van der Waals surface area contributed by atoms with Crippen LogP contribution in [0.25, 0.3) is 10.9 Å². The zero-order chi connectivity index (χ0) is 15.5. The maximum atomic E-state index is 12.2. The Balaban J connectivity index is 1.73. The maximum Gasteiger partial charge on any atom is 0.267 e. The number of amides is 1. The molecule has 0 saturated carbocycles. The van der Waals surface area contributed by atoms with Crippen molar-refractivity contribution in [1.29, 1.82) is 0 Å². The number of benzene rings is 1. The first kappa shape index (κ1) is 14.8. The lowest BCUT2D eigenvalue weighted by molar-refractivity contribution is 0.0945. The van der Waals surface area contributed by atoms with Crippen molar-refractivity contribution in [2.75, 3.05) is 26.2 Å². The molecule has 1 aromatic carbocycles. The van der Waals surface area contributed by atoms with Crippen molar-refractivity contribution in [2.45, 2.75) is 19.8 Å². The monoisotopic (exact) mass is 299 g/mol. The average Bonchev–Trinajstić information content (AvgIpc) is 3.01. The number of pyridine rings is 1. The maximum absolute atomic E-state index is 12.2. The van der Waals surface area contributed by atoms with Crippen molar-refractivity contribution >= 4 is 16.8 Å². The van der Waals surface area contributed by atoms with E-state index in [0.29, 0.717) is 17.6 Å². The Morgan fingerprint density at radius 2 is 2.09 bits per heavy atom. The van der Waals surface area contributed by atoms with Crippen LogP contribution in [0.1, 0.15) is 28.9 Å². The van der Waals surface area contributed by atoms with Crippen LogP contribution in [0.5, 0.6) is 0 Å². The fourth-order valence-electron chi connectivity index (χ4n) is 2.97. The van der Waals surface area contributed by atoms with Gasteiger partial charge in [0.1, 0.15) is 5.69 Å². The second kappa shape index (κ2) is 6.32. The van der Waals surface area contributed by atoms with Gasteiger partial charge in [0.05, 0.1) is 5.52 Å². The Hall–Kier alpha value is -2.14. The third kappa shape index (κ3) is 3.04. The van der Waals surface area contributed by atoms with Crippen molar-refractivity contribution < 1.29 is 4.79 Å². The summed E-state index contributed by atoms with van der Waals surface area (Å²) in [6, 6.07) is 6.93. The molecule has 0 atom stereocenters. The van der Waals surface area contributed by atoms with Gasteiger partial charge in [0.2, 0.25) is 0 Å². The van der Waals surface area contributed by atoms with Crippen LogP contribution in [0.3, 0.4) is 0 Å². The molecule has 116 valence electrons. The molecule has 0 aliphatic carbocycles. The van der Waals surface area contributed by atoms with Crippen LogP contribution in [0, 0.1) is 6.92 Å². The molecular weight excluding hydrogens is 278 g/mol. The number of aryl methyl sites for hydroxylation is 1. The fraction of sp³-hybridized carbons (Fsp3) is 0.412. The number of nitrogens with one attached hydrogen (secondary N) is 2. The van der Waals surface area contributed by atoms with E-state index in [1.807, 2.05) is 19.1 Å². The van der Waals surface area contributed by atoms with Crippen LogP contribution in [0.2, 0.25) is 0 Å². The number of H-pyrrole nitrogens is 1. The van der Waals surface area contributed by atoms with Gasteiger partial charge in [-0.25, -0.2) is 0 Å². The lowest BCUT2D eigenvalue weighted by Crippen LogP contribution is -2.34. The molecule has 1 aromatic heterocycles. The van der Waals surface area contributed by atoms with Crippen LogP contribution in [-0.2, 0) is 0 Å². The first-order valence-corrected chi connectivity index (χ1v) is 7.78. The van der Waals surface area contributed by atoms with E-state index in [1.165, 1.54) is 18.9 Å². The molecule has 5 nitrogen and oxygen atoms in total. The molecule has 3 rings (SSSR count). The van der Waals surface area contributed by atoms with Crippen LogP contribution < -0.4 is 10.7 Å². The Morgan fingerprint density at radius 3 is 2.86 bits per heavy atom. The summed E-state index contributed by atoms with van der Waals surface area (Å²) in [5, 5.41) is 3.51. The fourth-order valence-corrected chi connectivity index (χ4v) is 2.97. The Labute approximate surface area is 129 Å². The molecule has 1 saturated heterocycles. The van der Waals surface area contributed by atoms with E-state index in [-0.39, 0.29) is 11.3 Å². The molecule has 5 heteroatoms. The normalized spacial score (nSPS) is 15.3. The highest BCUT2D eigenvalue weighted by Crippen LogP contribution is 2.13. The largest absolute Gasteiger partial charge is 0.350 e. The van der Waals surface area contributed by atoms with Crippen molar-refractivity contribution in [3.8, 4) is 0 Å². The Morgan fingerprint density at radius 1 is 1.32 bits per heavy atom. The van der Waals surface area contributed by atoms with Crippen molar-refractivity contribution in [2.24, 2.45) is 0 Å². The predicted octanol–water partition coefficient (Wildman–Crippen LogP) is 1.66. The Kier molecular flexibility index (Phi) is 4.24. The summed E-state index contributed by atoms with van der Waals surface area (Å²) in [4.78, 5) is 29.8. The van der Waals surface area contributed by atoms with Crippen molar-refractivity contribution in [3.05, 3.63) is 45.7 Å². The lowest BCUT2D eigenvalue weighted by atomic mass is 10.1. The smallest absolute Gasteiger partial charge is 0.267 e. The van der Waals surface area contributed by atoms with Gasteiger partial charge in [0.15, 0.2) is 5.43 Å². The molecule has 0 radical (unpaired) electrons. The van der Waals surface area contributed by atoms with Gasteiger partial charge in [-0.05, 0) is 44.5 Å². The number of carbonyl (C=O) groups is 1. The first-order chi connectivity index (χ1) is 10.6. The Bertz CT molecular complexity index is 745. The number of carbonyl (C=O) groups excluding carboxylic acids is 1. The summed E-state index contributed by atoms with van der Waals surface area (Å²) in [5.74, 6) is -0.221. The molecule has 1 fully saturated rings. The van der Waals surface area contributed by atoms with Crippen LogP contribution in [0.15, 0.2) is 29.1 Å². The lowest BCUT2D eigenvalue weighted by Gasteiger charge is -2.14. The quantitative estimate of drug-likeness (QED) is 0.902. The third-order valence-corrected chi connectivity index (χ3v) is 4.23. The summed E-state index contributed by atoms with van der Waals surface area (Å²) in [6.07, 6.45) is 2.48. The summed E-state index contributed by atoms with van der Waals surface area (Å²) < 4.78 is 0. The number of hydrogen-bond acceptors (Lipinski definition) is 3. The van der Waals surface area contributed by atoms with Gasteiger partial charge in [-0.15, -0.1) is 0 Å². The van der Waals surface area contributed by atoms with E-state index >= 15 is 0 Å². The molecule has 1 aliphatic rings. The van der Waals surface area contributed by atoms with E-state index in [4.69, 9.17) is 0 Å². The third-order valence-electron chi connectivity index (χ3n) is 4.23. The summed E-state index contributed by atoms with van der Waals surface area (Å²) in [5.41, 5.74) is 1.90. The van der Waals surface area contributed by atoms with Crippen LogP contribution in [0.4, 0.5) is 0 Å². The number of rotatable bonds is 4. The number of para-hydroxylation sites is 1. The number of aromatic amines is 1. The van der Waals surface area contributed by atoms with Gasteiger partial charge in [-0.1, -0.05) is 12.1 Å². The molecular formula is C17H21N3O2. The van der Waals surface area contributed by atoms with Crippen molar-refractivity contribution in [1.82, 2.24) is 15.2 Å². The van der Waals surface area contributed by atoms with Gasteiger partial charge in [0, 0.05) is 24.5 Å². The predicted molar refractivity (Wildman–Crippen MR) is 87.3 cm³/mol. The molecule has 0 unspecified atom stereocenters. The summed E-state index contributed by atoms with van der Waals surface area (Å²) >= 11 is 0. The molecule has 2 N–H and O–H groups in total. The van der Waals surface area contributed by atoms with E-state index in [1.54, 1.807) is 6.07 Å². The molecule has 2 aromatic rings. The van der Waals surface area contributed by atoms with Gasteiger partial charge >= 0.3 is 0 Å². The summed E-state index contributed by atoms with van der Waals surface area (Å²) in [6.45, 7) is 5.62. The minimum absolute atomic E-state index is 0.123. The van der Waals surface area contributed by atoms with E-state index < -0.39 is 0 Å². The minimum atomic E-state index is -0.221. The zero-order valence-electron chi connectivity index (χ0n) is 12.8. The molecule has 0 spiro atoms. The van der Waals surface area contributed by atoms with E-state index in [0.717, 1.165) is 30.7 Å². The number of nitrogens with zero attached hydrogens (tertiary/aromatic N) is 1. The van der Waals surface area contributed by atoms with Gasteiger partial charge in [-0.3, -0.25) is 9.59 Å². The molecule has 2 heterocycles. The first-order valence-electron chi connectivity index (χ1n) is 7.78. The average molecular weight is 299 g/mol. The highest BCUT2D eigenvalue weighted by atomic mass is 16.2. The number of fused-ring (bicyclic) bond motifs is 1.